The summed E-state index contributed by atoms with van der Waals surface area (Å²) in [6.07, 6.45) is 0.819. The summed E-state index contributed by atoms with van der Waals surface area (Å²) >= 11 is 3.44. The van der Waals surface area contributed by atoms with Gasteiger partial charge in [-0.25, -0.2) is 4.98 Å². The van der Waals surface area contributed by atoms with Crippen LogP contribution in [0.25, 0.3) is 10.2 Å². The predicted molar refractivity (Wildman–Crippen MR) is 104 cm³/mol. The number of thioether (sulfide) groups is 1. The number of carbonyl (C=O) groups is 1. The average molecular weight is 373 g/mol. The summed E-state index contributed by atoms with van der Waals surface area (Å²) < 4.78 is 7.25. The van der Waals surface area contributed by atoms with E-state index >= 15 is 0 Å². The first-order valence-electron chi connectivity index (χ1n) is 8.11. The van der Waals surface area contributed by atoms with E-state index in [1.165, 1.54) is 10.3 Å². The number of thiazole rings is 1. The van der Waals surface area contributed by atoms with Crippen molar-refractivity contribution in [3.8, 4) is 0 Å². The van der Waals surface area contributed by atoms with E-state index in [9.17, 15) is 4.79 Å². The Morgan fingerprint density at radius 3 is 2.76 bits per heavy atom. The monoisotopic (exact) mass is 372 g/mol. The standard InChI is InChI=1S/C19H20N2O2S2/c1-23-12-4-11-20-18(22)15-9-7-14(8-10-15)13-24-19-21-16-5-2-3-6-17(16)25-19/h2-3,5-10H,4,11-13H2,1H3,(H,20,22). The fourth-order valence-electron chi connectivity index (χ4n) is 2.33. The number of methoxy groups -OCH3 is 1. The molecule has 130 valence electrons. The normalized spacial score (nSPS) is 10.9. The fraction of sp³-hybridized carbons (Fsp3) is 0.263. The first-order chi connectivity index (χ1) is 12.3. The van der Waals surface area contributed by atoms with Crippen LogP contribution in [0.15, 0.2) is 52.9 Å². The van der Waals surface area contributed by atoms with Crippen LogP contribution in [0.1, 0.15) is 22.3 Å². The Morgan fingerprint density at radius 1 is 1.20 bits per heavy atom. The summed E-state index contributed by atoms with van der Waals surface area (Å²) in [5.74, 6) is 0.803. The molecule has 25 heavy (non-hydrogen) atoms. The number of aromatic nitrogens is 1. The molecule has 4 nitrogen and oxygen atoms in total. The molecule has 2 aromatic carbocycles. The molecule has 0 aliphatic heterocycles. The lowest BCUT2D eigenvalue weighted by molar-refractivity contribution is 0.0948. The largest absolute Gasteiger partial charge is 0.385 e. The quantitative estimate of drug-likeness (QED) is 0.472. The van der Waals surface area contributed by atoms with Crippen molar-refractivity contribution in [2.45, 2.75) is 16.5 Å². The van der Waals surface area contributed by atoms with Crippen LogP contribution < -0.4 is 5.32 Å². The summed E-state index contributed by atoms with van der Waals surface area (Å²) in [5.41, 5.74) is 2.92. The number of rotatable bonds is 8. The second-order valence-corrected chi connectivity index (χ2v) is 7.79. The molecule has 0 aliphatic carbocycles. The van der Waals surface area contributed by atoms with Gasteiger partial charge in [-0.1, -0.05) is 36.0 Å². The maximum Gasteiger partial charge on any atom is 0.251 e. The zero-order chi connectivity index (χ0) is 17.5. The number of benzene rings is 2. The molecule has 0 atom stereocenters. The van der Waals surface area contributed by atoms with Gasteiger partial charge in [-0.3, -0.25) is 4.79 Å². The summed E-state index contributed by atoms with van der Waals surface area (Å²) in [6, 6.07) is 15.9. The molecule has 0 fully saturated rings. The third kappa shape index (κ3) is 5.04. The Morgan fingerprint density at radius 2 is 2.00 bits per heavy atom. The maximum absolute atomic E-state index is 12.0. The highest BCUT2D eigenvalue weighted by atomic mass is 32.2. The number of nitrogens with zero attached hydrogens (tertiary/aromatic N) is 1. The Kier molecular flexibility index (Phi) is 6.44. The van der Waals surface area contributed by atoms with E-state index in [4.69, 9.17) is 4.74 Å². The van der Waals surface area contributed by atoms with Gasteiger partial charge >= 0.3 is 0 Å². The molecule has 0 unspecified atom stereocenters. The molecule has 1 aromatic heterocycles. The van der Waals surface area contributed by atoms with E-state index in [1.54, 1.807) is 30.2 Å². The van der Waals surface area contributed by atoms with Crippen molar-refractivity contribution in [2.24, 2.45) is 0 Å². The Balaban J connectivity index is 1.52. The van der Waals surface area contributed by atoms with Crippen molar-refractivity contribution in [1.29, 1.82) is 0 Å². The summed E-state index contributed by atoms with van der Waals surface area (Å²) in [5, 5.41) is 2.89. The summed E-state index contributed by atoms with van der Waals surface area (Å²) in [7, 11) is 1.66. The second-order valence-electron chi connectivity index (χ2n) is 5.54. The molecule has 0 saturated carbocycles. The number of nitrogens with one attached hydrogen (secondary N) is 1. The molecular weight excluding hydrogens is 352 g/mol. The Bertz CT molecular complexity index is 798. The topological polar surface area (TPSA) is 51.2 Å². The van der Waals surface area contributed by atoms with Crippen molar-refractivity contribution in [3.63, 3.8) is 0 Å². The van der Waals surface area contributed by atoms with Gasteiger partial charge in [0.2, 0.25) is 0 Å². The Hall–Kier alpha value is -1.89. The van der Waals surface area contributed by atoms with E-state index in [2.05, 4.69) is 16.4 Å². The number of amides is 1. The van der Waals surface area contributed by atoms with Crippen LogP contribution in [0.3, 0.4) is 0 Å². The number of para-hydroxylation sites is 1. The van der Waals surface area contributed by atoms with Crippen LogP contribution in [0.5, 0.6) is 0 Å². The fourth-order valence-corrected chi connectivity index (χ4v) is 4.36. The number of carbonyl (C=O) groups excluding carboxylic acids is 1. The van der Waals surface area contributed by atoms with Crippen LogP contribution in [-0.2, 0) is 10.5 Å². The zero-order valence-corrected chi connectivity index (χ0v) is 15.7. The molecule has 1 heterocycles. The first-order valence-corrected chi connectivity index (χ1v) is 9.91. The van der Waals surface area contributed by atoms with E-state index in [-0.39, 0.29) is 5.91 Å². The maximum atomic E-state index is 12.0. The van der Waals surface area contributed by atoms with Gasteiger partial charge < -0.3 is 10.1 Å². The van der Waals surface area contributed by atoms with Crippen LogP contribution in [0.2, 0.25) is 0 Å². The lowest BCUT2D eigenvalue weighted by atomic mass is 10.1. The van der Waals surface area contributed by atoms with E-state index in [0.29, 0.717) is 18.7 Å². The first kappa shape index (κ1) is 17.9. The smallest absolute Gasteiger partial charge is 0.251 e. The van der Waals surface area contributed by atoms with Gasteiger partial charge in [0.05, 0.1) is 10.2 Å². The van der Waals surface area contributed by atoms with Crippen molar-refractivity contribution in [2.75, 3.05) is 20.3 Å². The highest BCUT2D eigenvalue weighted by Crippen LogP contribution is 2.31. The number of ether oxygens (including phenoxy) is 1. The molecule has 1 amide bonds. The van der Waals surface area contributed by atoms with Gasteiger partial charge in [0.25, 0.3) is 5.91 Å². The number of hydrogen-bond donors (Lipinski definition) is 1. The Labute approximate surface area is 155 Å². The molecule has 0 aliphatic rings. The zero-order valence-electron chi connectivity index (χ0n) is 14.0. The van der Waals surface area contributed by atoms with Crippen molar-refractivity contribution >= 4 is 39.2 Å². The van der Waals surface area contributed by atoms with Gasteiger partial charge in [-0.2, -0.15) is 0 Å². The lowest BCUT2D eigenvalue weighted by Gasteiger charge is -2.06. The predicted octanol–water partition coefficient (Wildman–Crippen LogP) is 4.35. The van der Waals surface area contributed by atoms with Crippen molar-refractivity contribution in [3.05, 3.63) is 59.7 Å². The average Bonchev–Trinajstić information content (AvgIpc) is 3.07. The van der Waals surface area contributed by atoms with Crippen LogP contribution in [-0.4, -0.2) is 31.2 Å². The third-order valence-electron chi connectivity index (χ3n) is 3.66. The van der Waals surface area contributed by atoms with E-state index in [1.807, 2.05) is 42.5 Å². The van der Waals surface area contributed by atoms with Crippen molar-refractivity contribution < 1.29 is 9.53 Å². The molecule has 0 radical (unpaired) electrons. The minimum Gasteiger partial charge on any atom is -0.385 e. The third-order valence-corrected chi connectivity index (χ3v) is 5.91. The van der Waals surface area contributed by atoms with Gasteiger partial charge in [-0.05, 0) is 36.2 Å². The molecule has 3 rings (SSSR count). The van der Waals surface area contributed by atoms with E-state index in [0.717, 1.165) is 22.0 Å². The molecular formula is C19H20N2O2S2. The summed E-state index contributed by atoms with van der Waals surface area (Å²) in [6.45, 7) is 1.28. The minimum absolute atomic E-state index is 0.0403. The van der Waals surface area contributed by atoms with Gasteiger partial charge in [0, 0.05) is 31.6 Å². The highest BCUT2D eigenvalue weighted by molar-refractivity contribution is 8.00. The number of fused-ring (bicyclic) bond motifs is 1. The minimum atomic E-state index is -0.0403. The molecule has 1 N–H and O–H groups in total. The van der Waals surface area contributed by atoms with Crippen LogP contribution in [0.4, 0.5) is 0 Å². The summed E-state index contributed by atoms with van der Waals surface area (Å²) in [4.78, 5) is 16.7. The molecule has 0 saturated heterocycles. The van der Waals surface area contributed by atoms with Crippen LogP contribution in [0, 0.1) is 0 Å². The lowest BCUT2D eigenvalue weighted by Crippen LogP contribution is -2.25. The number of hydrogen-bond acceptors (Lipinski definition) is 5. The molecule has 0 bridgehead atoms. The van der Waals surface area contributed by atoms with Crippen molar-refractivity contribution in [1.82, 2.24) is 10.3 Å². The van der Waals surface area contributed by atoms with E-state index < -0.39 is 0 Å². The van der Waals surface area contributed by atoms with Gasteiger partial charge in [-0.15, -0.1) is 11.3 Å². The molecule has 3 aromatic rings. The molecule has 6 heteroatoms. The van der Waals surface area contributed by atoms with Gasteiger partial charge in [0.1, 0.15) is 0 Å². The second kappa shape index (κ2) is 8.99. The molecule has 0 spiro atoms. The highest BCUT2D eigenvalue weighted by Gasteiger charge is 2.07. The van der Waals surface area contributed by atoms with Crippen LogP contribution >= 0.6 is 23.1 Å². The SMILES string of the molecule is COCCCNC(=O)c1ccc(CSc2nc3ccccc3s2)cc1. The van der Waals surface area contributed by atoms with Gasteiger partial charge in [0.15, 0.2) is 4.34 Å².